The Hall–Kier alpha value is -1.94. The zero-order valence-electron chi connectivity index (χ0n) is 13.0. The molecule has 0 saturated heterocycles. The third-order valence-electron chi connectivity index (χ3n) is 3.38. The Labute approximate surface area is 135 Å². The van der Waals surface area contributed by atoms with Crippen LogP contribution in [0.5, 0.6) is 5.75 Å². The summed E-state index contributed by atoms with van der Waals surface area (Å²) < 4.78 is 11.2. The quantitative estimate of drug-likeness (QED) is 0.860. The minimum absolute atomic E-state index is 0.119. The molecule has 118 valence electrons. The molecule has 1 heterocycles. The molecule has 0 aliphatic heterocycles. The molecule has 2 rings (SSSR count). The number of benzene rings is 1. The summed E-state index contributed by atoms with van der Waals surface area (Å²) in [5, 5.41) is 3.53. The molecule has 0 radical (unpaired) electrons. The minimum atomic E-state index is -0.205. The third-order valence-corrected chi connectivity index (χ3v) is 3.62. The molecule has 2 aromatic rings. The Kier molecular flexibility index (Phi) is 5.50. The maximum atomic E-state index is 11.9. The van der Waals surface area contributed by atoms with Gasteiger partial charge in [0.05, 0.1) is 0 Å². The van der Waals surface area contributed by atoms with Crippen molar-refractivity contribution in [3.05, 3.63) is 52.4 Å². The van der Waals surface area contributed by atoms with Crippen molar-refractivity contribution < 1.29 is 13.9 Å². The van der Waals surface area contributed by atoms with Gasteiger partial charge in [0.25, 0.3) is 5.91 Å². The van der Waals surface area contributed by atoms with Crippen LogP contribution in [0.1, 0.15) is 42.1 Å². The summed E-state index contributed by atoms with van der Waals surface area (Å²) in [7, 11) is 0. The highest BCUT2D eigenvalue weighted by Crippen LogP contribution is 2.23. The fourth-order valence-electron chi connectivity index (χ4n) is 1.90. The number of hydrogen-bond donors (Lipinski definition) is 1. The largest absolute Gasteiger partial charge is 0.485 e. The number of aryl methyl sites for hydroxylation is 1. The minimum Gasteiger partial charge on any atom is -0.485 e. The molecule has 1 N–H and O–H groups in total. The third kappa shape index (κ3) is 4.28. The first-order valence-electron chi connectivity index (χ1n) is 7.28. The Morgan fingerprint density at radius 3 is 2.82 bits per heavy atom. The van der Waals surface area contributed by atoms with Gasteiger partial charge in [-0.05, 0) is 56.2 Å². The van der Waals surface area contributed by atoms with Crippen LogP contribution in [0.4, 0.5) is 0 Å². The zero-order chi connectivity index (χ0) is 16.1. The zero-order valence-corrected chi connectivity index (χ0v) is 13.7. The monoisotopic (exact) mass is 321 g/mol. The number of furan rings is 1. The average molecular weight is 322 g/mol. The van der Waals surface area contributed by atoms with Gasteiger partial charge < -0.3 is 14.5 Å². The second-order valence-corrected chi connectivity index (χ2v) is 5.68. The van der Waals surface area contributed by atoms with E-state index in [9.17, 15) is 4.79 Å². The Morgan fingerprint density at radius 1 is 1.36 bits per heavy atom. The van der Waals surface area contributed by atoms with Crippen LogP contribution >= 0.6 is 11.6 Å². The van der Waals surface area contributed by atoms with Crippen LogP contribution in [0.15, 0.2) is 34.7 Å². The van der Waals surface area contributed by atoms with E-state index in [1.54, 1.807) is 18.2 Å². The topological polar surface area (TPSA) is 51.5 Å². The number of amides is 1. The van der Waals surface area contributed by atoms with Crippen LogP contribution in [0.25, 0.3) is 0 Å². The molecule has 22 heavy (non-hydrogen) atoms. The lowest BCUT2D eigenvalue weighted by Crippen LogP contribution is -2.31. The first-order valence-corrected chi connectivity index (χ1v) is 7.66. The summed E-state index contributed by atoms with van der Waals surface area (Å²) in [5.41, 5.74) is 0.953. The molecule has 4 nitrogen and oxygen atoms in total. The summed E-state index contributed by atoms with van der Waals surface area (Å²) in [6, 6.07) is 8.95. The number of hydrogen-bond acceptors (Lipinski definition) is 3. The second-order valence-electron chi connectivity index (χ2n) is 5.25. The van der Waals surface area contributed by atoms with E-state index in [0.717, 1.165) is 17.7 Å². The van der Waals surface area contributed by atoms with E-state index in [-0.39, 0.29) is 18.6 Å². The van der Waals surface area contributed by atoms with Crippen molar-refractivity contribution in [1.29, 1.82) is 0 Å². The molecule has 1 aromatic heterocycles. The first kappa shape index (κ1) is 16.4. The van der Waals surface area contributed by atoms with Crippen LogP contribution < -0.4 is 10.1 Å². The number of ether oxygens (including phenoxy) is 1. The predicted octanol–water partition coefficient (Wildman–Crippen LogP) is 4.35. The Balaban J connectivity index is 1.96. The van der Waals surface area contributed by atoms with Crippen molar-refractivity contribution in [3.63, 3.8) is 0 Å². The van der Waals surface area contributed by atoms with E-state index >= 15 is 0 Å². The normalized spacial score (nSPS) is 12.0. The summed E-state index contributed by atoms with van der Waals surface area (Å²) in [6.07, 6.45) is 0.873. The molecule has 0 spiro atoms. The first-order chi connectivity index (χ1) is 10.5. The lowest BCUT2D eigenvalue weighted by molar-refractivity contribution is 0.0907. The van der Waals surface area contributed by atoms with E-state index in [1.807, 2.05) is 32.9 Å². The summed E-state index contributed by atoms with van der Waals surface area (Å²) in [4.78, 5) is 11.9. The molecule has 1 atom stereocenters. The van der Waals surface area contributed by atoms with Crippen LogP contribution in [0.2, 0.25) is 5.02 Å². The van der Waals surface area contributed by atoms with Gasteiger partial charge in [-0.25, -0.2) is 0 Å². The lowest BCUT2D eigenvalue weighted by Gasteiger charge is -2.09. The summed E-state index contributed by atoms with van der Waals surface area (Å²) in [6.45, 7) is 6.16. The van der Waals surface area contributed by atoms with Gasteiger partial charge in [0.15, 0.2) is 5.76 Å². The van der Waals surface area contributed by atoms with Gasteiger partial charge in [-0.2, -0.15) is 0 Å². The van der Waals surface area contributed by atoms with E-state index in [4.69, 9.17) is 20.8 Å². The SMILES string of the molecule is CCC(C)NC(=O)c1ccc(COc2ccc(Cl)cc2C)o1. The standard InChI is InChI=1S/C17H20ClNO3/c1-4-12(3)19-17(20)16-8-6-14(22-16)10-21-15-7-5-13(18)9-11(15)2/h5-9,12H,4,10H2,1-3H3,(H,19,20). The van der Waals surface area contributed by atoms with Crippen LogP contribution in [-0.2, 0) is 6.61 Å². The van der Waals surface area contributed by atoms with E-state index in [0.29, 0.717) is 16.5 Å². The number of nitrogens with one attached hydrogen (secondary N) is 1. The highest BCUT2D eigenvalue weighted by molar-refractivity contribution is 6.30. The van der Waals surface area contributed by atoms with Gasteiger partial charge >= 0.3 is 0 Å². The van der Waals surface area contributed by atoms with Crippen molar-refractivity contribution in [2.75, 3.05) is 0 Å². The maximum Gasteiger partial charge on any atom is 0.287 e. The number of carbonyl (C=O) groups excluding carboxylic acids is 1. The number of halogens is 1. The van der Waals surface area contributed by atoms with Crippen LogP contribution in [0.3, 0.4) is 0 Å². The van der Waals surface area contributed by atoms with Crippen LogP contribution in [-0.4, -0.2) is 11.9 Å². The van der Waals surface area contributed by atoms with Gasteiger partial charge in [0.1, 0.15) is 18.1 Å². The molecule has 0 aliphatic rings. The van der Waals surface area contributed by atoms with Crippen molar-refractivity contribution in [2.24, 2.45) is 0 Å². The van der Waals surface area contributed by atoms with Gasteiger partial charge in [0, 0.05) is 11.1 Å². The molecule has 0 saturated carbocycles. The van der Waals surface area contributed by atoms with Crippen molar-refractivity contribution >= 4 is 17.5 Å². The number of carbonyl (C=O) groups is 1. The van der Waals surface area contributed by atoms with E-state index in [1.165, 1.54) is 0 Å². The Bertz CT molecular complexity index is 651. The van der Waals surface area contributed by atoms with Gasteiger partial charge in [-0.15, -0.1) is 0 Å². The van der Waals surface area contributed by atoms with E-state index in [2.05, 4.69) is 5.32 Å². The molecule has 0 fully saturated rings. The highest BCUT2D eigenvalue weighted by atomic mass is 35.5. The second kappa shape index (κ2) is 7.36. The fraction of sp³-hybridized carbons (Fsp3) is 0.353. The summed E-state index contributed by atoms with van der Waals surface area (Å²) in [5.74, 6) is 1.44. The van der Waals surface area contributed by atoms with Gasteiger partial charge in [-0.3, -0.25) is 4.79 Å². The van der Waals surface area contributed by atoms with Crippen molar-refractivity contribution in [1.82, 2.24) is 5.32 Å². The molecule has 1 aromatic carbocycles. The molecular formula is C17H20ClNO3. The molecule has 1 unspecified atom stereocenters. The molecule has 1 amide bonds. The highest BCUT2D eigenvalue weighted by Gasteiger charge is 2.13. The summed E-state index contributed by atoms with van der Waals surface area (Å²) >= 11 is 5.91. The number of rotatable bonds is 6. The van der Waals surface area contributed by atoms with Crippen molar-refractivity contribution in [3.8, 4) is 5.75 Å². The lowest BCUT2D eigenvalue weighted by atomic mass is 10.2. The fourth-order valence-corrected chi connectivity index (χ4v) is 2.12. The van der Waals surface area contributed by atoms with Crippen molar-refractivity contribution in [2.45, 2.75) is 39.8 Å². The predicted molar refractivity (Wildman–Crippen MR) is 86.4 cm³/mol. The van der Waals surface area contributed by atoms with E-state index < -0.39 is 0 Å². The smallest absolute Gasteiger partial charge is 0.287 e. The average Bonchev–Trinajstić information content (AvgIpc) is 2.95. The maximum absolute atomic E-state index is 11.9. The van der Waals surface area contributed by atoms with Gasteiger partial charge in [0.2, 0.25) is 0 Å². The molecule has 0 aliphatic carbocycles. The molecule has 5 heteroatoms. The van der Waals surface area contributed by atoms with Gasteiger partial charge in [-0.1, -0.05) is 18.5 Å². The molecular weight excluding hydrogens is 302 g/mol. The van der Waals surface area contributed by atoms with Crippen LogP contribution in [0, 0.1) is 6.92 Å². The molecule has 0 bridgehead atoms. The Morgan fingerprint density at radius 2 is 2.14 bits per heavy atom.